The monoisotopic (exact) mass is 283 g/mol. The van der Waals surface area contributed by atoms with E-state index < -0.39 is 0 Å². The molecule has 2 fully saturated rings. The standard InChI is InChI=1S/C16H29NO3/c1-2-3-4-5-6-7-15(18)17-14-8-10-20-16(12-14)9-11-19-13-16/h14H,2-13H2,1H3,(H,17,18)/t14-,16+/m1/s1. The minimum Gasteiger partial charge on any atom is -0.378 e. The zero-order valence-electron chi connectivity index (χ0n) is 12.8. The maximum atomic E-state index is 12.0. The van der Waals surface area contributed by atoms with E-state index >= 15 is 0 Å². The highest BCUT2D eigenvalue weighted by Crippen LogP contribution is 2.32. The zero-order chi connectivity index (χ0) is 14.3. The van der Waals surface area contributed by atoms with Gasteiger partial charge in [0.1, 0.15) is 0 Å². The van der Waals surface area contributed by atoms with Crippen molar-refractivity contribution in [3.63, 3.8) is 0 Å². The van der Waals surface area contributed by atoms with Gasteiger partial charge in [0.05, 0.1) is 12.2 Å². The van der Waals surface area contributed by atoms with E-state index in [-0.39, 0.29) is 17.6 Å². The van der Waals surface area contributed by atoms with Crippen molar-refractivity contribution in [2.24, 2.45) is 0 Å². The third-order valence-electron chi connectivity index (χ3n) is 4.43. The summed E-state index contributed by atoms with van der Waals surface area (Å²) in [6.45, 7) is 4.43. The summed E-state index contributed by atoms with van der Waals surface area (Å²) in [6, 6.07) is 0.272. The first-order valence-corrected chi connectivity index (χ1v) is 8.25. The normalized spacial score (nSPS) is 29.8. The first-order valence-electron chi connectivity index (χ1n) is 8.25. The van der Waals surface area contributed by atoms with Gasteiger partial charge in [-0.1, -0.05) is 32.6 Å². The van der Waals surface area contributed by atoms with Gasteiger partial charge in [-0.15, -0.1) is 0 Å². The molecule has 2 atom stereocenters. The van der Waals surface area contributed by atoms with Crippen LogP contribution >= 0.6 is 0 Å². The second-order valence-electron chi connectivity index (χ2n) is 6.26. The molecule has 2 rings (SSSR count). The Bertz CT molecular complexity index is 300. The molecule has 0 aromatic rings. The Hall–Kier alpha value is -0.610. The molecule has 2 aliphatic heterocycles. The van der Waals surface area contributed by atoms with Crippen LogP contribution in [0.15, 0.2) is 0 Å². The van der Waals surface area contributed by atoms with Crippen LogP contribution < -0.4 is 5.32 Å². The van der Waals surface area contributed by atoms with E-state index in [1.165, 1.54) is 25.7 Å². The van der Waals surface area contributed by atoms with E-state index in [4.69, 9.17) is 9.47 Å². The van der Waals surface area contributed by atoms with Crippen molar-refractivity contribution in [1.29, 1.82) is 0 Å². The first-order chi connectivity index (χ1) is 9.74. The van der Waals surface area contributed by atoms with Crippen LogP contribution in [0.5, 0.6) is 0 Å². The van der Waals surface area contributed by atoms with Gasteiger partial charge in [0.25, 0.3) is 0 Å². The number of nitrogens with one attached hydrogen (secondary N) is 1. The molecule has 0 bridgehead atoms. The molecule has 20 heavy (non-hydrogen) atoms. The van der Waals surface area contributed by atoms with Gasteiger partial charge in [0.15, 0.2) is 0 Å². The van der Waals surface area contributed by atoms with Crippen LogP contribution in [0, 0.1) is 0 Å². The summed E-state index contributed by atoms with van der Waals surface area (Å²) in [7, 11) is 0. The maximum absolute atomic E-state index is 12.0. The molecule has 4 nitrogen and oxygen atoms in total. The zero-order valence-corrected chi connectivity index (χ0v) is 12.8. The first kappa shape index (κ1) is 15.8. The van der Waals surface area contributed by atoms with Crippen molar-refractivity contribution in [2.45, 2.75) is 76.4 Å². The summed E-state index contributed by atoms with van der Waals surface area (Å²) in [6.07, 6.45) is 9.46. The van der Waals surface area contributed by atoms with Crippen LogP contribution in [0.1, 0.15) is 64.7 Å². The Morgan fingerprint density at radius 1 is 1.25 bits per heavy atom. The molecule has 1 N–H and O–H groups in total. The number of ether oxygens (including phenoxy) is 2. The molecule has 0 unspecified atom stereocenters. The molecule has 2 aliphatic rings. The number of amides is 1. The Morgan fingerprint density at radius 3 is 2.85 bits per heavy atom. The molecule has 0 aromatic heterocycles. The van der Waals surface area contributed by atoms with E-state index in [1.807, 2.05) is 0 Å². The molecule has 0 saturated carbocycles. The van der Waals surface area contributed by atoms with Gasteiger partial charge < -0.3 is 14.8 Å². The number of rotatable bonds is 7. The van der Waals surface area contributed by atoms with Gasteiger partial charge in [0.2, 0.25) is 5.91 Å². The van der Waals surface area contributed by atoms with Crippen LogP contribution in [0.3, 0.4) is 0 Å². The summed E-state index contributed by atoms with van der Waals surface area (Å²) < 4.78 is 11.3. The lowest BCUT2D eigenvalue weighted by atomic mass is 9.89. The lowest BCUT2D eigenvalue weighted by Crippen LogP contribution is -2.49. The lowest BCUT2D eigenvalue weighted by Gasteiger charge is -2.37. The van der Waals surface area contributed by atoms with E-state index in [2.05, 4.69) is 12.2 Å². The quantitative estimate of drug-likeness (QED) is 0.731. The Labute approximate surface area is 122 Å². The summed E-state index contributed by atoms with van der Waals surface area (Å²) in [5.41, 5.74) is -0.114. The summed E-state index contributed by atoms with van der Waals surface area (Å²) in [4.78, 5) is 12.0. The summed E-state index contributed by atoms with van der Waals surface area (Å²) >= 11 is 0. The van der Waals surface area contributed by atoms with Crippen LogP contribution in [0.4, 0.5) is 0 Å². The van der Waals surface area contributed by atoms with E-state index in [1.54, 1.807) is 0 Å². The van der Waals surface area contributed by atoms with Gasteiger partial charge in [-0.25, -0.2) is 0 Å². The van der Waals surface area contributed by atoms with E-state index in [0.29, 0.717) is 13.0 Å². The highest BCUT2D eigenvalue weighted by atomic mass is 16.6. The molecule has 1 amide bonds. The Balaban J connectivity index is 1.63. The molecule has 0 aromatic carbocycles. The van der Waals surface area contributed by atoms with Gasteiger partial charge in [-0.3, -0.25) is 4.79 Å². The largest absolute Gasteiger partial charge is 0.378 e. The minimum atomic E-state index is -0.114. The highest BCUT2D eigenvalue weighted by Gasteiger charge is 2.41. The van der Waals surface area contributed by atoms with Crippen molar-refractivity contribution in [3.8, 4) is 0 Å². The number of hydrogen-bond donors (Lipinski definition) is 1. The molecule has 116 valence electrons. The van der Waals surface area contributed by atoms with Gasteiger partial charge in [0, 0.05) is 32.1 Å². The van der Waals surface area contributed by atoms with Crippen molar-refractivity contribution >= 4 is 5.91 Å². The summed E-state index contributed by atoms with van der Waals surface area (Å²) in [5.74, 6) is 0.211. The Morgan fingerprint density at radius 2 is 2.10 bits per heavy atom. The van der Waals surface area contributed by atoms with Crippen molar-refractivity contribution in [2.75, 3.05) is 19.8 Å². The average molecular weight is 283 g/mol. The molecule has 0 radical (unpaired) electrons. The fourth-order valence-corrected chi connectivity index (χ4v) is 3.20. The van der Waals surface area contributed by atoms with Crippen molar-refractivity contribution in [1.82, 2.24) is 5.32 Å². The van der Waals surface area contributed by atoms with Crippen LogP contribution in [-0.2, 0) is 14.3 Å². The second-order valence-corrected chi connectivity index (χ2v) is 6.26. The Kier molecular flexibility index (Phi) is 6.30. The molecular weight excluding hydrogens is 254 g/mol. The van der Waals surface area contributed by atoms with E-state index in [9.17, 15) is 4.79 Å². The molecule has 1 spiro atoms. The topological polar surface area (TPSA) is 47.6 Å². The lowest BCUT2D eigenvalue weighted by molar-refractivity contribution is -0.125. The third-order valence-corrected chi connectivity index (χ3v) is 4.43. The predicted octanol–water partition coefficient (Wildman–Crippen LogP) is 2.80. The summed E-state index contributed by atoms with van der Waals surface area (Å²) in [5, 5.41) is 3.19. The molecule has 2 heterocycles. The number of carbonyl (C=O) groups excluding carboxylic acids is 1. The third kappa shape index (κ3) is 4.74. The van der Waals surface area contributed by atoms with Crippen LogP contribution in [0.25, 0.3) is 0 Å². The number of carbonyl (C=O) groups is 1. The van der Waals surface area contributed by atoms with E-state index in [0.717, 1.165) is 38.9 Å². The molecule has 0 aliphatic carbocycles. The van der Waals surface area contributed by atoms with Crippen molar-refractivity contribution < 1.29 is 14.3 Å². The second kappa shape index (κ2) is 7.99. The average Bonchev–Trinajstić information content (AvgIpc) is 2.86. The van der Waals surface area contributed by atoms with Crippen molar-refractivity contribution in [3.05, 3.63) is 0 Å². The predicted molar refractivity (Wildman–Crippen MR) is 78.7 cm³/mol. The fourth-order valence-electron chi connectivity index (χ4n) is 3.20. The van der Waals surface area contributed by atoms with Gasteiger partial charge in [-0.05, 0) is 19.3 Å². The van der Waals surface area contributed by atoms with Crippen LogP contribution in [-0.4, -0.2) is 37.4 Å². The maximum Gasteiger partial charge on any atom is 0.220 e. The molecule has 4 heteroatoms. The van der Waals surface area contributed by atoms with Gasteiger partial charge in [-0.2, -0.15) is 0 Å². The highest BCUT2D eigenvalue weighted by molar-refractivity contribution is 5.76. The molecule has 2 saturated heterocycles. The molecular formula is C16H29NO3. The van der Waals surface area contributed by atoms with Crippen LogP contribution in [0.2, 0.25) is 0 Å². The number of unbranched alkanes of at least 4 members (excludes halogenated alkanes) is 4. The minimum absolute atomic E-state index is 0.114. The smallest absolute Gasteiger partial charge is 0.220 e. The number of hydrogen-bond acceptors (Lipinski definition) is 3. The SMILES string of the molecule is CCCCCCCC(=O)N[C@@H]1CCO[C@@]2(CCOC2)C1. The fraction of sp³-hybridized carbons (Fsp3) is 0.938. The van der Waals surface area contributed by atoms with Gasteiger partial charge >= 0.3 is 0 Å².